The Bertz CT molecular complexity index is 1240. The first kappa shape index (κ1) is 28.5. The lowest BCUT2D eigenvalue weighted by Crippen LogP contribution is -2.57. The van der Waals surface area contributed by atoms with Crippen LogP contribution in [0.3, 0.4) is 0 Å². The highest BCUT2D eigenvalue weighted by Crippen LogP contribution is 2.68. The fourth-order valence-electron chi connectivity index (χ4n) is 7.06. The molecule has 3 heterocycles. The molecule has 3 saturated heterocycles. The molecule has 3 fully saturated rings. The van der Waals surface area contributed by atoms with Crippen molar-refractivity contribution in [2.24, 2.45) is 23.7 Å². The van der Waals surface area contributed by atoms with E-state index in [9.17, 15) is 19.5 Å². The summed E-state index contributed by atoms with van der Waals surface area (Å²) in [6, 6.07) is 15.5. The van der Waals surface area contributed by atoms with Crippen molar-refractivity contribution in [1.29, 1.82) is 0 Å². The fourth-order valence-corrected chi connectivity index (χ4v) is 9.47. The van der Waals surface area contributed by atoms with Crippen LogP contribution in [0.25, 0.3) is 0 Å². The van der Waals surface area contributed by atoms with Crippen LogP contribution in [-0.2, 0) is 20.9 Å². The van der Waals surface area contributed by atoms with Gasteiger partial charge in [-0.05, 0) is 54.5 Å². The van der Waals surface area contributed by atoms with Crippen LogP contribution in [0.1, 0.15) is 39.2 Å². The largest absolute Gasteiger partial charge is 0.497 e. The van der Waals surface area contributed by atoms with E-state index in [4.69, 9.17) is 4.74 Å². The molecule has 3 unspecified atom stereocenters. The second kappa shape index (κ2) is 11.4. The molecule has 7 atom stereocenters. The van der Waals surface area contributed by atoms with E-state index in [1.807, 2.05) is 44.2 Å². The van der Waals surface area contributed by atoms with Gasteiger partial charge in [0.25, 0.3) is 0 Å². The highest BCUT2D eigenvalue weighted by molar-refractivity contribution is 8.02. The number of nitrogens with one attached hydrogen (secondary N) is 2. The molecular formula is C31H39N3O5S. The predicted molar refractivity (Wildman–Crippen MR) is 156 cm³/mol. The number of nitrogens with zero attached hydrogens (tertiary/aromatic N) is 1. The molecule has 2 aromatic rings. The number of ether oxygens (including phenoxy) is 1. The van der Waals surface area contributed by atoms with Gasteiger partial charge in [-0.25, -0.2) is 0 Å². The van der Waals surface area contributed by atoms with Crippen molar-refractivity contribution >= 4 is 35.2 Å². The Morgan fingerprint density at radius 1 is 1.12 bits per heavy atom. The molecule has 0 aromatic heterocycles. The maximum atomic E-state index is 14.4. The van der Waals surface area contributed by atoms with Gasteiger partial charge in [-0.1, -0.05) is 51.1 Å². The Labute approximate surface area is 240 Å². The maximum Gasteiger partial charge on any atom is 0.248 e. The lowest BCUT2D eigenvalue weighted by Gasteiger charge is -2.40. The van der Waals surface area contributed by atoms with Gasteiger partial charge in [0, 0.05) is 17.5 Å². The summed E-state index contributed by atoms with van der Waals surface area (Å²) < 4.78 is 4.49. The summed E-state index contributed by atoms with van der Waals surface area (Å²) in [5.74, 6) is -0.857. The van der Waals surface area contributed by atoms with Gasteiger partial charge >= 0.3 is 0 Å². The van der Waals surface area contributed by atoms with Crippen molar-refractivity contribution in [1.82, 2.24) is 10.2 Å². The van der Waals surface area contributed by atoms with Crippen molar-refractivity contribution in [2.45, 2.75) is 62.2 Å². The number of hydrogen-bond acceptors (Lipinski definition) is 6. The van der Waals surface area contributed by atoms with E-state index in [1.54, 1.807) is 48.0 Å². The zero-order valence-electron chi connectivity index (χ0n) is 23.5. The third-order valence-electron chi connectivity index (χ3n) is 8.75. The third-order valence-corrected chi connectivity index (χ3v) is 10.8. The molecule has 3 N–H and O–H groups in total. The van der Waals surface area contributed by atoms with Crippen molar-refractivity contribution in [3.8, 4) is 5.75 Å². The Hall–Kier alpha value is -3.04. The summed E-state index contributed by atoms with van der Waals surface area (Å²) in [4.78, 5) is 43.8. The smallest absolute Gasteiger partial charge is 0.248 e. The number of rotatable bonds is 10. The lowest BCUT2D eigenvalue weighted by atomic mass is 9.66. The molecule has 1 spiro atoms. The van der Waals surface area contributed by atoms with Gasteiger partial charge in [0.15, 0.2) is 0 Å². The highest BCUT2D eigenvalue weighted by Gasteiger charge is 2.76. The number of thioether (sulfide) groups is 1. The van der Waals surface area contributed by atoms with E-state index in [0.717, 1.165) is 12.0 Å². The van der Waals surface area contributed by atoms with Gasteiger partial charge in [-0.2, -0.15) is 0 Å². The van der Waals surface area contributed by atoms with Crippen LogP contribution < -0.4 is 15.4 Å². The predicted octanol–water partition coefficient (Wildman–Crippen LogP) is 3.69. The monoisotopic (exact) mass is 565 g/mol. The molecule has 3 amide bonds. The van der Waals surface area contributed by atoms with Crippen molar-refractivity contribution in [3.05, 3.63) is 60.2 Å². The van der Waals surface area contributed by atoms with Crippen molar-refractivity contribution < 1.29 is 24.2 Å². The van der Waals surface area contributed by atoms with Gasteiger partial charge in [0.2, 0.25) is 17.7 Å². The van der Waals surface area contributed by atoms with Crippen molar-refractivity contribution in [2.75, 3.05) is 19.0 Å². The molecule has 2 bridgehead atoms. The second-order valence-electron chi connectivity index (χ2n) is 11.7. The standard InChI is InChI=1S/C31H39N3O5S/c1-18(2)14-22(17-35)34-27(29(37)33-21-10-12-23(39-4)13-11-21)31-19(3)15-24(40-31)25(26(31)30(34)38)28(36)32-16-20-8-6-5-7-9-20/h5-13,18-19,22,24-27,35H,14-17H2,1-4H3,(H,32,36)(H,33,37)/t19?,22-,24-,25+,26+,27?,31?/m1/s1. The summed E-state index contributed by atoms with van der Waals surface area (Å²) in [7, 11) is 1.58. The minimum absolute atomic E-state index is 0.0455. The molecule has 3 aliphatic rings. The maximum absolute atomic E-state index is 14.4. The van der Waals surface area contributed by atoms with Crippen LogP contribution in [0, 0.1) is 23.7 Å². The summed E-state index contributed by atoms with van der Waals surface area (Å²) in [5.41, 5.74) is 1.59. The van der Waals surface area contributed by atoms with Crippen LogP contribution in [0.2, 0.25) is 0 Å². The van der Waals surface area contributed by atoms with Crippen LogP contribution in [0.5, 0.6) is 5.75 Å². The summed E-state index contributed by atoms with van der Waals surface area (Å²) in [6.07, 6.45) is 1.32. The normalized spacial score (nSPS) is 29.4. The number of anilines is 1. The third kappa shape index (κ3) is 4.87. The molecule has 0 saturated carbocycles. The minimum atomic E-state index is -0.806. The van der Waals surface area contributed by atoms with Gasteiger partial charge in [-0.15, -0.1) is 11.8 Å². The molecule has 3 aliphatic heterocycles. The molecule has 40 heavy (non-hydrogen) atoms. The average molecular weight is 566 g/mol. The molecule has 2 aromatic carbocycles. The van der Waals surface area contributed by atoms with E-state index in [-0.39, 0.29) is 41.4 Å². The number of aliphatic hydroxyl groups excluding tert-OH is 1. The SMILES string of the molecule is COc1ccc(NC(=O)C2N([C@@H](CO)CC(C)C)C(=O)[C@@H]3[C@@H](C(=O)NCc4ccccc4)[C@H]4CC(C)C23S4)cc1. The molecular weight excluding hydrogens is 526 g/mol. The molecule has 0 radical (unpaired) electrons. The number of benzene rings is 2. The molecule has 0 aliphatic carbocycles. The van der Waals surface area contributed by atoms with E-state index in [1.165, 1.54) is 0 Å². The molecule has 214 valence electrons. The van der Waals surface area contributed by atoms with E-state index in [0.29, 0.717) is 24.4 Å². The Kier molecular flexibility index (Phi) is 8.15. The number of methoxy groups -OCH3 is 1. The average Bonchev–Trinajstić information content (AvgIpc) is 3.54. The number of aliphatic hydroxyl groups is 1. The Morgan fingerprint density at radius 2 is 1.82 bits per heavy atom. The van der Waals surface area contributed by atoms with E-state index >= 15 is 0 Å². The molecule has 8 nitrogen and oxygen atoms in total. The van der Waals surface area contributed by atoms with Gasteiger partial charge in [0.1, 0.15) is 11.8 Å². The Morgan fingerprint density at radius 3 is 2.45 bits per heavy atom. The zero-order valence-corrected chi connectivity index (χ0v) is 24.3. The first-order chi connectivity index (χ1) is 19.2. The number of amides is 3. The molecule has 5 rings (SSSR count). The van der Waals surface area contributed by atoms with Crippen LogP contribution >= 0.6 is 11.8 Å². The van der Waals surface area contributed by atoms with E-state index < -0.39 is 28.7 Å². The second-order valence-corrected chi connectivity index (χ2v) is 13.2. The number of likely N-dealkylation sites (tertiary alicyclic amines) is 1. The fraction of sp³-hybridized carbons (Fsp3) is 0.516. The number of carbonyl (C=O) groups excluding carboxylic acids is 3. The first-order valence-corrected chi connectivity index (χ1v) is 15.0. The number of fused-ring (bicyclic) bond motifs is 1. The zero-order chi connectivity index (χ0) is 28.6. The summed E-state index contributed by atoms with van der Waals surface area (Å²) in [5, 5.41) is 16.5. The van der Waals surface area contributed by atoms with Crippen LogP contribution in [-0.4, -0.2) is 63.5 Å². The summed E-state index contributed by atoms with van der Waals surface area (Å²) >= 11 is 1.64. The lowest BCUT2D eigenvalue weighted by molar-refractivity contribution is -0.142. The van der Waals surface area contributed by atoms with Crippen molar-refractivity contribution in [3.63, 3.8) is 0 Å². The van der Waals surface area contributed by atoms with Gasteiger partial charge in [0.05, 0.1) is 36.3 Å². The quantitative estimate of drug-likeness (QED) is 0.406. The number of carbonyl (C=O) groups is 3. The first-order valence-electron chi connectivity index (χ1n) is 14.1. The van der Waals surface area contributed by atoms with Crippen LogP contribution in [0.4, 0.5) is 5.69 Å². The Balaban J connectivity index is 1.49. The van der Waals surface area contributed by atoms with Gasteiger partial charge in [-0.3, -0.25) is 14.4 Å². The minimum Gasteiger partial charge on any atom is -0.497 e. The highest BCUT2D eigenvalue weighted by atomic mass is 32.2. The van der Waals surface area contributed by atoms with Crippen LogP contribution in [0.15, 0.2) is 54.6 Å². The van der Waals surface area contributed by atoms with E-state index in [2.05, 4.69) is 17.6 Å². The number of hydrogen-bond donors (Lipinski definition) is 3. The topological polar surface area (TPSA) is 108 Å². The summed E-state index contributed by atoms with van der Waals surface area (Å²) in [6.45, 7) is 6.31. The van der Waals surface area contributed by atoms with Gasteiger partial charge < -0.3 is 25.4 Å². The molecule has 9 heteroatoms.